The van der Waals surface area contributed by atoms with Gasteiger partial charge in [0.05, 0.1) is 13.2 Å². The summed E-state index contributed by atoms with van der Waals surface area (Å²) in [4.78, 5) is -0.737. The van der Waals surface area contributed by atoms with Gasteiger partial charge in [0.1, 0.15) is 16.5 Å². The van der Waals surface area contributed by atoms with Crippen molar-refractivity contribution in [3.63, 3.8) is 0 Å². The molecule has 114 valence electrons. The van der Waals surface area contributed by atoms with Gasteiger partial charge in [-0.1, -0.05) is 0 Å². The van der Waals surface area contributed by atoms with E-state index in [0.29, 0.717) is 6.07 Å². The highest BCUT2D eigenvalue weighted by molar-refractivity contribution is 7.97. The highest BCUT2D eigenvalue weighted by Gasteiger charge is 2.34. The largest absolute Gasteiger partial charge is 0.346 e. The van der Waals surface area contributed by atoms with Gasteiger partial charge in [0.25, 0.3) is 0 Å². The Morgan fingerprint density at radius 1 is 1.15 bits per heavy atom. The zero-order chi connectivity index (χ0) is 15.4. The fraction of sp³-hybridized carbons (Fsp3) is 0.455. The van der Waals surface area contributed by atoms with E-state index in [1.165, 1.54) is 13.8 Å². The summed E-state index contributed by atoms with van der Waals surface area (Å²) in [7, 11) is -8.15. The van der Waals surface area contributed by atoms with E-state index in [1.54, 1.807) is 0 Å². The maximum Gasteiger partial charge on any atom is 0.346 e. The molecule has 9 heteroatoms. The Balaban J connectivity index is 3.13. The van der Waals surface area contributed by atoms with Crippen molar-refractivity contribution in [2.75, 3.05) is 18.7 Å². The topological polar surface area (TPSA) is 69.7 Å². The van der Waals surface area contributed by atoms with Crippen LogP contribution in [0.5, 0.6) is 0 Å². The monoisotopic (exact) mass is 328 g/mol. The van der Waals surface area contributed by atoms with Gasteiger partial charge >= 0.3 is 7.60 Å². The summed E-state index contributed by atoms with van der Waals surface area (Å²) in [6.07, 6.45) is 0. The highest BCUT2D eigenvalue weighted by Crippen LogP contribution is 2.50. The SMILES string of the molecule is CCOP(=O)(CS(=O)(=O)c1ccc(F)cc1F)OCC. The molecule has 0 radical (unpaired) electrons. The molecule has 1 aromatic carbocycles. The van der Waals surface area contributed by atoms with E-state index in [2.05, 4.69) is 0 Å². The third kappa shape index (κ3) is 4.34. The van der Waals surface area contributed by atoms with Crippen molar-refractivity contribution in [2.24, 2.45) is 0 Å². The Kier molecular flexibility index (Phi) is 5.82. The van der Waals surface area contributed by atoms with Crippen molar-refractivity contribution in [3.05, 3.63) is 29.8 Å². The van der Waals surface area contributed by atoms with E-state index in [0.717, 1.165) is 12.1 Å². The summed E-state index contributed by atoms with van der Waals surface area (Å²) in [6.45, 7) is 3.02. The molecular formula is C11H15F2O5PS. The molecule has 1 aromatic rings. The van der Waals surface area contributed by atoms with E-state index in [1.807, 2.05) is 0 Å². The van der Waals surface area contributed by atoms with E-state index >= 15 is 0 Å². The van der Waals surface area contributed by atoms with Gasteiger partial charge in [-0.25, -0.2) is 17.2 Å². The van der Waals surface area contributed by atoms with Gasteiger partial charge in [0.2, 0.25) is 0 Å². The molecule has 0 N–H and O–H groups in total. The molecule has 0 aliphatic carbocycles. The van der Waals surface area contributed by atoms with Crippen molar-refractivity contribution < 1.29 is 30.8 Å². The molecule has 0 spiro atoms. The maximum atomic E-state index is 13.5. The molecule has 0 saturated heterocycles. The lowest BCUT2D eigenvalue weighted by atomic mass is 10.3. The zero-order valence-corrected chi connectivity index (χ0v) is 12.7. The van der Waals surface area contributed by atoms with Gasteiger partial charge in [0, 0.05) is 6.07 Å². The van der Waals surface area contributed by atoms with E-state index in [4.69, 9.17) is 9.05 Å². The molecular weight excluding hydrogens is 313 g/mol. The van der Waals surface area contributed by atoms with Crippen molar-refractivity contribution in [2.45, 2.75) is 18.7 Å². The average molecular weight is 328 g/mol. The number of sulfone groups is 1. The number of rotatable bonds is 7. The van der Waals surface area contributed by atoms with E-state index in [-0.39, 0.29) is 13.2 Å². The molecule has 0 atom stereocenters. The lowest BCUT2D eigenvalue weighted by molar-refractivity contribution is 0.224. The van der Waals surface area contributed by atoms with Crippen LogP contribution in [0.1, 0.15) is 13.8 Å². The average Bonchev–Trinajstić information content (AvgIpc) is 2.27. The Hall–Kier alpha value is -0.820. The molecule has 0 bridgehead atoms. The second-order valence-electron chi connectivity index (χ2n) is 3.77. The lowest BCUT2D eigenvalue weighted by Gasteiger charge is -2.17. The van der Waals surface area contributed by atoms with Gasteiger partial charge in [-0.15, -0.1) is 0 Å². The smallest absolute Gasteiger partial charge is 0.308 e. The van der Waals surface area contributed by atoms with Gasteiger partial charge in [-0.3, -0.25) is 4.57 Å². The van der Waals surface area contributed by atoms with Crippen LogP contribution in [-0.4, -0.2) is 27.1 Å². The van der Waals surface area contributed by atoms with Crippen LogP contribution in [0.2, 0.25) is 0 Å². The van der Waals surface area contributed by atoms with E-state index in [9.17, 15) is 21.8 Å². The predicted molar refractivity (Wildman–Crippen MR) is 69.3 cm³/mol. The summed E-state index contributed by atoms with van der Waals surface area (Å²) in [5.41, 5.74) is -0.996. The van der Waals surface area contributed by atoms with Gasteiger partial charge < -0.3 is 9.05 Å². The van der Waals surface area contributed by atoms with Crippen LogP contribution in [0.3, 0.4) is 0 Å². The first-order valence-electron chi connectivity index (χ1n) is 5.80. The van der Waals surface area contributed by atoms with Crippen molar-refractivity contribution in [1.29, 1.82) is 0 Å². The minimum Gasteiger partial charge on any atom is -0.308 e. The quantitative estimate of drug-likeness (QED) is 0.568. The number of benzene rings is 1. The second-order valence-corrected chi connectivity index (χ2v) is 8.21. The molecule has 1 rings (SSSR count). The molecule has 0 aliphatic heterocycles. The number of hydrogen-bond donors (Lipinski definition) is 0. The highest BCUT2D eigenvalue weighted by atomic mass is 32.2. The minimum absolute atomic E-state index is 0.0152. The Bertz CT molecular complexity index is 607. The summed E-state index contributed by atoms with van der Waals surface area (Å²) in [5.74, 6) is -2.15. The fourth-order valence-corrected chi connectivity index (χ4v) is 5.82. The van der Waals surface area contributed by atoms with Gasteiger partial charge in [-0.05, 0) is 26.0 Å². The predicted octanol–water partition coefficient (Wildman–Crippen LogP) is 2.96. The first-order valence-corrected chi connectivity index (χ1v) is 9.18. The minimum atomic E-state index is -4.26. The molecule has 0 saturated carbocycles. The van der Waals surface area contributed by atoms with Crippen molar-refractivity contribution in [3.8, 4) is 0 Å². The second kappa shape index (κ2) is 6.76. The molecule has 20 heavy (non-hydrogen) atoms. The van der Waals surface area contributed by atoms with Crippen LogP contribution >= 0.6 is 7.60 Å². The normalized spacial score (nSPS) is 12.6. The molecule has 5 nitrogen and oxygen atoms in total. The van der Waals surface area contributed by atoms with E-state index < -0.39 is 39.5 Å². The number of hydrogen-bond acceptors (Lipinski definition) is 5. The molecule has 0 fully saturated rings. The summed E-state index contributed by atoms with van der Waals surface area (Å²) in [5, 5.41) is 0. The third-order valence-corrected chi connectivity index (χ3v) is 7.14. The van der Waals surface area contributed by atoms with Crippen LogP contribution in [0.15, 0.2) is 23.1 Å². The molecule has 0 amide bonds. The third-order valence-electron chi connectivity index (χ3n) is 2.21. The van der Waals surface area contributed by atoms with Crippen LogP contribution in [-0.2, 0) is 23.4 Å². The van der Waals surface area contributed by atoms with Crippen LogP contribution in [0.4, 0.5) is 8.78 Å². The Morgan fingerprint density at radius 2 is 1.70 bits per heavy atom. The van der Waals surface area contributed by atoms with Crippen molar-refractivity contribution >= 4 is 17.4 Å². The first-order chi connectivity index (χ1) is 9.24. The van der Waals surface area contributed by atoms with Crippen LogP contribution in [0, 0.1) is 11.6 Å². The summed E-state index contributed by atoms with van der Waals surface area (Å²) in [6, 6.07) is 2.03. The summed E-state index contributed by atoms with van der Waals surface area (Å²) < 4.78 is 72.2. The van der Waals surface area contributed by atoms with Crippen molar-refractivity contribution in [1.82, 2.24) is 0 Å². The zero-order valence-electron chi connectivity index (χ0n) is 11.0. The molecule has 0 heterocycles. The summed E-state index contributed by atoms with van der Waals surface area (Å²) >= 11 is 0. The molecule has 0 aromatic heterocycles. The van der Waals surface area contributed by atoms with Crippen LogP contribution < -0.4 is 0 Å². The Morgan fingerprint density at radius 3 is 2.15 bits per heavy atom. The maximum absolute atomic E-state index is 13.5. The molecule has 0 unspecified atom stereocenters. The molecule has 0 aliphatic rings. The Labute approximate surface area is 116 Å². The lowest BCUT2D eigenvalue weighted by Crippen LogP contribution is -2.12. The fourth-order valence-electron chi connectivity index (χ4n) is 1.51. The standard InChI is InChI=1S/C11H15F2O5PS/c1-3-17-19(14,18-4-2)8-20(15,16)11-6-5-9(12)7-10(11)13/h5-7H,3-4,8H2,1-2H3. The number of halogens is 2. The van der Waals surface area contributed by atoms with Crippen LogP contribution in [0.25, 0.3) is 0 Å². The van der Waals surface area contributed by atoms with Gasteiger partial charge in [-0.2, -0.15) is 0 Å². The van der Waals surface area contributed by atoms with Gasteiger partial charge in [0.15, 0.2) is 15.3 Å². The first kappa shape index (κ1) is 17.2.